The van der Waals surface area contributed by atoms with Gasteiger partial charge in [0.25, 0.3) is 0 Å². The molecule has 1 fully saturated rings. The fourth-order valence-electron chi connectivity index (χ4n) is 2.12. The van der Waals surface area contributed by atoms with Crippen LogP contribution in [0.5, 0.6) is 0 Å². The van der Waals surface area contributed by atoms with Crippen molar-refractivity contribution < 1.29 is 0 Å². The van der Waals surface area contributed by atoms with Crippen molar-refractivity contribution in [3.05, 3.63) is 0 Å². The summed E-state index contributed by atoms with van der Waals surface area (Å²) in [7, 11) is 2.83. The van der Waals surface area contributed by atoms with Crippen molar-refractivity contribution in [3.8, 4) is 0 Å². The van der Waals surface area contributed by atoms with Gasteiger partial charge < -0.3 is 0 Å². The zero-order valence-electron chi connectivity index (χ0n) is 7.93. The Kier molecular flexibility index (Phi) is 2.94. The van der Waals surface area contributed by atoms with Crippen molar-refractivity contribution in [1.82, 2.24) is 4.67 Å². The molecule has 1 aliphatic heterocycles. The molecule has 0 spiro atoms. The van der Waals surface area contributed by atoms with Gasteiger partial charge in [0.2, 0.25) is 0 Å². The minimum absolute atomic E-state index is 0.512. The summed E-state index contributed by atoms with van der Waals surface area (Å²) in [5.41, 5.74) is 0.512. The monoisotopic (exact) mass is 173 g/mol. The Morgan fingerprint density at radius 3 is 2.73 bits per heavy atom. The zero-order valence-corrected chi connectivity index (χ0v) is 9.09. The summed E-state index contributed by atoms with van der Waals surface area (Å²) in [6.07, 6.45) is 2.73. The fraction of sp³-hybridized carbons (Fsp3) is 1.00. The molecular weight excluding hydrogens is 153 g/mol. The lowest BCUT2D eigenvalue weighted by atomic mass is 9.84. The predicted molar refractivity (Wildman–Crippen MR) is 53.5 cm³/mol. The lowest BCUT2D eigenvalue weighted by molar-refractivity contribution is 0.266. The van der Waals surface area contributed by atoms with Gasteiger partial charge in [-0.1, -0.05) is 30.2 Å². The Labute approximate surface area is 72.8 Å². The van der Waals surface area contributed by atoms with Crippen LogP contribution < -0.4 is 0 Å². The largest absolute Gasteiger partial charge is 0.287 e. The standard InChI is InChI=1S/C9H20NP/c1-8-4-5-10(11)7-9(2,3)6-8/h8H,4-7,11H2,1-3H3. The third-order valence-electron chi connectivity index (χ3n) is 2.44. The summed E-state index contributed by atoms with van der Waals surface area (Å²) in [6.45, 7) is 9.57. The molecule has 1 nitrogen and oxygen atoms in total. The molecule has 1 heterocycles. The Hall–Kier alpha value is 0.390. The highest BCUT2D eigenvalue weighted by Crippen LogP contribution is 2.32. The van der Waals surface area contributed by atoms with E-state index >= 15 is 0 Å². The van der Waals surface area contributed by atoms with Gasteiger partial charge in [0.05, 0.1) is 0 Å². The van der Waals surface area contributed by atoms with Crippen LogP contribution in [0.15, 0.2) is 0 Å². The van der Waals surface area contributed by atoms with Crippen LogP contribution in [0.3, 0.4) is 0 Å². The van der Waals surface area contributed by atoms with E-state index in [0.717, 1.165) is 5.92 Å². The van der Waals surface area contributed by atoms with E-state index in [1.807, 2.05) is 0 Å². The van der Waals surface area contributed by atoms with Crippen LogP contribution >= 0.6 is 9.39 Å². The molecule has 0 N–H and O–H groups in total. The molecule has 0 amide bonds. The minimum Gasteiger partial charge on any atom is -0.287 e. The van der Waals surface area contributed by atoms with Crippen LogP contribution in [0, 0.1) is 11.3 Å². The molecule has 0 aromatic rings. The highest BCUT2D eigenvalue weighted by Gasteiger charge is 2.26. The third-order valence-corrected chi connectivity index (χ3v) is 2.88. The van der Waals surface area contributed by atoms with E-state index in [1.165, 1.54) is 25.9 Å². The molecule has 0 saturated carbocycles. The second kappa shape index (κ2) is 3.41. The number of nitrogens with zero attached hydrogens (tertiary/aromatic N) is 1. The van der Waals surface area contributed by atoms with E-state index in [1.54, 1.807) is 0 Å². The van der Waals surface area contributed by atoms with E-state index in [0.29, 0.717) is 5.41 Å². The summed E-state index contributed by atoms with van der Waals surface area (Å²) in [4.78, 5) is 0. The summed E-state index contributed by atoms with van der Waals surface area (Å²) >= 11 is 0. The van der Waals surface area contributed by atoms with Crippen LogP contribution in [0.25, 0.3) is 0 Å². The van der Waals surface area contributed by atoms with Gasteiger partial charge in [-0.05, 0) is 24.2 Å². The molecule has 0 bridgehead atoms. The predicted octanol–water partition coefficient (Wildman–Crippen LogP) is 2.53. The lowest BCUT2D eigenvalue weighted by Gasteiger charge is -2.27. The Morgan fingerprint density at radius 1 is 1.45 bits per heavy atom. The van der Waals surface area contributed by atoms with Crippen molar-refractivity contribution in [3.63, 3.8) is 0 Å². The van der Waals surface area contributed by atoms with Gasteiger partial charge in [-0.15, -0.1) is 0 Å². The molecule has 66 valence electrons. The van der Waals surface area contributed by atoms with Gasteiger partial charge in [0.1, 0.15) is 0 Å². The molecule has 0 aromatic heterocycles. The van der Waals surface area contributed by atoms with E-state index in [9.17, 15) is 0 Å². The van der Waals surface area contributed by atoms with Crippen molar-refractivity contribution >= 4 is 9.39 Å². The molecule has 2 unspecified atom stereocenters. The fourth-order valence-corrected chi connectivity index (χ4v) is 2.77. The zero-order chi connectivity index (χ0) is 8.48. The highest BCUT2D eigenvalue weighted by atomic mass is 31.0. The van der Waals surface area contributed by atoms with E-state index < -0.39 is 0 Å². The number of hydrogen-bond acceptors (Lipinski definition) is 1. The van der Waals surface area contributed by atoms with Gasteiger partial charge in [0, 0.05) is 13.1 Å². The first kappa shape index (κ1) is 9.48. The topological polar surface area (TPSA) is 3.24 Å². The Bertz CT molecular complexity index is 120. The van der Waals surface area contributed by atoms with Gasteiger partial charge in [-0.25, -0.2) is 0 Å². The van der Waals surface area contributed by atoms with Crippen molar-refractivity contribution in [1.29, 1.82) is 0 Å². The summed E-state index contributed by atoms with van der Waals surface area (Å²) in [6, 6.07) is 0. The smallest absolute Gasteiger partial charge is 0.00676 e. The lowest BCUT2D eigenvalue weighted by Crippen LogP contribution is -2.25. The minimum atomic E-state index is 0.512. The molecule has 0 aromatic carbocycles. The first-order chi connectivity index (χ1) is 4.99. The molecule has 0 aliphatic carbocycles. The van der Waals surface area contributed by atoms with Gasteiger partial charge in [-0.3, -0.25) is 4.67 Å². The first-order valence-electron chi connectivity index (χ1n) is 4.49. The third kappa shape index (κ3) is 3.09. The average Bonchev–Trinajstić information content (AvgIpc) is 1.89. The molecular formula is C9H20NP. The van der Waals surface area contributed by atoms with Crippen molar-refractivity contribution in [2.24, 2.45) is 11.3 Å². The van der Waals surface area contributed by atoms with E-state index in [2.05, 4.69) is 34.8 Å². The quantitative estimate of drug-likeness (QED) is 0.509. The Balaban J connectivity index is 2.55. The molecule has 1 rings (SSSR count). The molecule has 2 atom stereocenters. The molecule has 0 radical (unpaired) electrons. The number of rotatable bonds is 0. The maximum absolute atomic E-state index is 2.83. The summed E-state index contributed by atoms with van der Waals surface area (Å²) in [5.74, 6) is 0.899. The second-order valence-corrected chi connectivity index (χ2v) is 5.46. The van der Waals surface area contributed by atoms with Crippen LogP contribution in [-0.2, 0) is 0 Å². The van der Waals surface area contributed by atoms with E-state index in [4.69, 9.17) is 0 Å². The Morgan fingerprint density at radius 2 is 2.09 bits per heavy atom. The van der Waals surface area contributed by atoms with Gasteiger partial charge in [-0.2, -0.15) is 0 Å². The van der Waals surface area contributed by atoms with Crippen molar-refractivity contribution in [2.45, 2.75) is 33.6 Å². The normalized spacial score (nSPS) is 33.3. The summed E-state index contributed by atoms with van der Waals surface area (Å²) < 4.78 is 2.38. The molecule has 11 heavy (non-hydrogen) atoms. The summed E-state index contributed by atoms with van der Waals surface area (Å²) in [5, 5.41) is 0. The molecule has 1 saturated heterocycles. The van der Waals surface area contributed by atoms with Crippen molar-refractivity contribution in [2.75, 3.05) is 13.1 Å². The van der Waals surface area contributed by atoms with Crippen LogP contribution in [0.4, 0.5) is 0 Å². The van der Waals surface area contributed by atoms with Gasteiger partial charge >= 0.3 is 0 Å². The van der Waals surface area contributed by atoms with Crippen LogP contribution in [-0.4, -0.2) is 17.8 Å². The first-order valence-corrected chi connectivity index (χ1v) is 5.01. The second-order valence-electron chi connectivity index (χ2n) is 4.73. The molecule has 2 heteroatoms. The SMILES string of the molecule is CC1CCN(P)CC(C)(C)C1. The highest BCUT2D eigenvalue weighted by molar-refractivity contribution is 7.13. The average molecular weight is 173 g/mol. The van der Waals surface area contributed by atoms with Crippen LogP contribution in [0.2, 0.25) is 0 Å². The maximum atomic E-state index is 2.83. The van der Waals surface area contributed by atoms with Gasteiger partial charge in [0.15, 0.2) is 0 Å². The molecule has 1 aliphatic rings. The maximum Gasteiger partial charge on any atom is 0.00676 e. The van der Waals surface area contributed by atoms with E-state index in [-0.39, 0.29) is 0 Å². The number of hydrogen-bond donors (Lipinski definition) is 0. The van der Waals surface area contributed by atoms with Crippen LogP contribution in [0.1, 0.15) is 33.6 Å².